The second-order valence-corrected chi connectivity index (χ2v) is 11.0. The summed E-state index contributed by atoms with van der Waals surface area (Å²) in [5, 5.41) is 13.6. The van der Waals surface area contributed by atoms with Gasteiger partial charge in [-0.3, -0.25) is 4.79 Å². The number of nitrogens with one attached hydrogen (secondary N) is 1. The fourth-order valence-electron chi connectivity index (χ4n) is 4.52. The van der Waals surface area contributed by atoms with Gasteiger partial charge in [-0.05, 0) is 6.07 Å². The number of rotatable bonds is 7. The van der Waals surface area contributed by atoms with Crippen LogP contribution in [-0.4, -0.2) is 92.4 Å². The summed E-state index contributed by atoms with van der Waals surface area (Å²) in [4.78, 5) is 14.0. The molecule has 13 heteroatoms. The number of carbonyl (C=O) groups excluding carboxylic acids is 1. The Kier molecular flexibility index (Phi) is 7.38. The van der Waals surface area contributed by atoms with E-state index in [1.165, 1.54) is 23.1 Å². The van der Waals surface area contributed by atoms with Crippen LogP contribution in [0.3, 0.4) is 0 Å². The standard InChI is InChI=1S/C21H27F3N2O7S/c22-21(23,24)33-15-4-2-1-3-13(15)11-25-12-17-19(28)20-16(32-17)9-14(31-20)10-18(27)26-5-7-34(29,30)8-6-26/h1-4,14,16-17,19-20,25,28H,5-12H2/t14-,16-,17-,19-,20+/m1/s1. The summed E-state index contributed by atoms with van der Waals surface area (Å²) >= 11 is 0. The van der Waals surface area contributed by atoms with Gasteiger partial charge in [0.25, 0.3) is 0 Å². The molecule has 0 radical (unpaired) electrons. The largest absolute Gasteiger partial charge is 0.573 e. The van der Waals surface area contributed by atoms with Crippen molar-refractivity contribution >= 4 is 15.7 Å². The molecular formula is C21H27F3N2O7S. The smallest absolute Gasteiger partial charge is 0.405 e. The third-order valence-corrected chi connectivity index (χ3v) is 7.85. The van der Waals surface area contributed by atoms with Crippen molar-refractivity contribution in [2.24, 2.45) is 0 Å². The molecule has 0 saturated carbocycles. The number of sulfone groups is 1. The molecule has 9 nitrogen and oxygen atoms in total. The van der Waals surface area contributed by atoms with Gasteiger partial charge in [0.1, 0.15) is 18.0 Å². The first-order valence-corrected chi connectivity index (χ1v) is 12.8. The van der Waals surface area contributed by atoms with Crippen LogP contribution in [0.4, 0.5) is 13.2 Å². The van der Waals surface area contributed by atoms with Gasteiger partial charge < -0.3 is 29.5 Å². The maximum Gasteiger partial charge on any atom is 0.573 e. The van der Waals surface area contributed by atoms with Crippen LogP contribution in [0.25, 0.3) is 0 Å². The van der Waals surface area contributed by atoms with E-state index in [0.717, 1.165) is 0 Å². The van der Waals surface area contributed by atoms with Crippen LogP contribution in [0.15, 0.2) is 24.3 Å². The van der Waals surface area contributed by atoms with E-state index in [1.807, 2.05) is 0 Å². The number of hydrogen-bond donors (Lipinski definition) is 2. The van der Waals surface area contributed by atoms with E-state index in [0.29, 0.717) is 12.0 Å². The molecule has 0 aromatic heterocycles. The number of aliphatic hydroxyl groups is 1. The lowest BCUT2D eigenvalue weighted by Gasteiger charge is -2.28. The number of carbonyl (C=O) groups is 1. The molecule has 3 aliphatic heterocycles. The van der Waals surface area contributed by atoms with Gasteiger partial charge in [0.05, 0.1) is 36.2 Å². The molecular weight excluding hydrogens is 481 g/mol. The quantitative estimate of drug-likeness (QED) is 0.551. The molecule has 3 fully saturated rings. The molecule has 34 heavy (non-hydrogen) atoms. The number of amides is 1. The molecule has 3 heterocycles. The van der Waals surface area contributed by atoms with E-state index < -0.39 is 46.7 Å². The average Bonchev–Trinajstić information content (AvgIpc) is 3.26. The predicted molar refractivity (Wildman–Crippen MR) is 113 cm³/mol. The normalized spacial score (nSPS) is 30.8. The van der Waals surface area contributed by atoms with Crippen LogP contribution in [0.1, 0.15) is 18.4 Å². The van der Waals surface area contributed by atoms with E-state index in [1.54, 1.807) is 6.07 Å². The first-order valence-electron chi connectivity index (χ1n) is 11.0. The zero-order valence-electron chi connectivity index (χ0n) is 18.2. The molecule has 2 N–H and O–H groups in total. The lowest BCUT2D eigenvalue weighted by molar-refractivity contribution is -0.274. The van der Waals surface area contributed by atoms with Crippen molar-refractivity contribution in [1.29, 1.82) is 0 Å². The van der Waals surface area contributed by atoms with Gasteiger partial charge in [-0.2, -0.15) is 0 Å². The molecule has 3 aliphatic rings. The molecule has 0 spiro atoms. The fourth-order valence-corrected chi connectivity index (χ4v) is 5.72. The van der Waals surface area contributed by atoms with Crippen molar-refractivity contribution in [3.63, 3.8) is 0 Å². The van der Waals surface area contributed by atoms with Gasteiger partial charge >= 0.3 is 6.36 Å². The fraction of sp³-hybridized carbons (Fsp3) is 0.667. The molecule has 1 aromatic carbocycles. The molecule has 0 bridgehead atoms. The van der Waals surface area contributed by atoms with Crippen LogP contribution in [0, 0.1) is 0 Å². The number of para-hydroxylation sites is 1. The predicted octanol–water partition coefficient (Wildman–Crippen LogP) is 0.608. The Hall–Kier alpha value is -1.93. The SMILES string of the molecule is O=C(C[C@H]1C[C@H]2O[C@H](CNCc3ccccc3OC(F)(F)F)[C@@H](O)[C@H]2O1)N1CCS(=O)(=O)CC1. The molecule has 0 unspecified atom stereocenters. The molecule has 5 atom stereocenters. The lowest BCUT2D eigenvalue weighted by atomic mass is 10.1. The minimum absolute atomic E-state index is 0.0428. The third-order valence-electron chi connectivity index (χ3n) is 6.24. The van der Waals surface area contributed by atoms with Crippen LogP contribution >= 0.6 is 0 Å². The zero-order chi connectivity index (χ0) is 24.5. The highest BCUT2D eigenvalue weighted by atomic mass is 32.2. The monoisotopic (exact) mass is 508 g/mol. The summed E-state index contributed by atoms with van der Waals surface area (Å²) in [5.41, 5.74) is 0.313. The first kappa shape index (κ1) is 25.2. The minimum atomic E-state index is -4.79. The molecule has 3 saturated heterocycles. The highest BCUT2D eigenvalue weighted by Crippen LogP contribution is 2.35. The summed E-state index contributed by atoms with van der Waals surface area (Å²) in [7, 11) is -3.08. The summed E-state index contributed by atoms with van der Waals surface area (Å²) in [5.74, 6) is -0.570. The van der Waals surface area contributed by atoms with Crippen molar-refractivity contribution in [2.75, 3.05) is 31.1 Å². The zero-order valence-corrected chi connectivity index (χ0v) is 19.1. The van der Waals surface area contributed by atoms with Gasteiger partial charge in [-0.15, -0.1) is 13.2 Å². The van der Waals surface area contributed by atoms with Crippen LogP contribution in [0.2, 0.25) is 0 Å². The van der Waals surface area contributed by atoms with Gasteiger partial charge in [0.2, 0.25) is 5.91 Å². The van der Waals surface area contributed by atoms with Gasteiger partial charge in [0, 0.05) is 38.2 Å². The van der Waals surface area contributed by atoms with E-state index in [4.69, 9.17) is 9.47 Å². The summed E-state index contributed by atoms with van der Waals surface area (Å²) in [6, 6.07) is 5.79. The number of fused-ring (bicyclic) bond motifs is 1. The maximum absolute atomic E-state index is 12.6. The average molecular weight is 509 g/mol. The Bertz CT molecular complexity index is 977. The number of aliphatic hydroxyl groups excluding tert-OH is 1. The molecule has 190 valence electrons. The Labute approximate surface area is 195 Å². The van der Waals surface area contributed by atoms with Crippen molar-refractivity contribution < 1.29 is 45.7 Å². The topological polar surface area (TPSA) is 114 Å². The highest BCUT2D eigenvalue weighted by molar-refractivity contribution is 7.91. The van der Waals surface area contributed by atoms with E-state index >= 15 is 0 Å². The minimum Gasteiger partial charge on any atom is -0.405 e. The van der Waals surface area contributed by atoms with Crippen molar-refractivity contribution in [1.82, 2.24) is 10.2 Å². The Morgan fingerprint density at radius 1 is 1.21 bits per heavy atom. The summed E-state index contributed by atoms with van der Waals surface area (Å²) < 4.78 is 76.5. The van der Waals surface area contributed by atoms with Crippen LogP contribution < -0.4 is 10.1 Å². The number of hydrogen-bond acceptors (Lipinski definition) is 8. The lowest BCUT2D eigenvalue weighted by Crippen LogP contribution is -2.44. The van der Waals surface area contributed by atoms with Gasteiger partial charge in [0.15, 0.2) is 9.84 Å². The van der Waals surface area contributed by atoms with E-state index in [2.05, 4.69) is 10.1 Å². The molecule has 0 aliphatic carbocycles. The first-order chi connectivity index (χ1) is 16.0. The highest BCUT2D eigenvalue weighted by Gasteiger charge is 2.50. The molecule has 1 aromatic rings. The Morgan fingerprint density at radius 3 is 2.59 bits per heavy atom. The molecule has 4 rings (SSSR count). The second-order valence-electron chi connectivity index (χ2n) is 8.69. The van der Waals surface area contributed by atoms with E-state index in [9.17, 15) is 31.5 Å². The Morgan fingerprint density at radius 2 is 1.91 bits per heavy atom. The number of alkyl halides is 3. The maximum atomic E-state index is 12.6. The summed E-state index contributed by atoms with van der Waals surface area (Å²) in [6.07, 6.45) is -7.31. The number of ether oxygens (including phenoxy) is 3. The van der Waals surface area contributed by atoms with Crippen molar-refractivity contribution in [3.8, 4) is 5.75 Å². The van der Waals surface area contributed by atoms with Gasteiger partial charge in [-0.25, -0.2) is 8.42 Å². The van der Waals surface area contributed by atoms with Crippen molar-refractivity contribution in [3.05, 3.63) is 29.8 Å². The van der Waals surface area contributed by atoms with Crippen molar-refractivity contribution in [2.45, 2.75) is 56.3 Å². The van der Waals surface area contributed by atoms with Gasteiger partial charge in [-0.1, -0.05) is 18.2 Å². The third kappa shape index (κ3) is 6.19. The number of halogens is 3. The molecule has 1 amide bonds. The number of benzene rings is 1. The summed E-state index contributed by atoms with van der Waals surface area (Å²) in [6.45, 7) is 0.608. The van der Waals surface area contributed by atoms with Crippen LogP contribution in [0.5, 0.6) is 5.75 Å². The second kappa shape index (κ2) is 9.97. The number of nitrogens with zero attached hydrogens (tertiary/aromatic N) is 1. The van der Waals surface area contributed by atoms with Crippen LogP contribution in [-0.2, 0) is 30.7 Å². The Balaban J connectivity index is 1.22. The van der Waals surface area contributed by atoms with E-state index in [-0.39, 0.29) is 55.8 Å².